The Morgan fingerprint density at radius 2 is 1.84 bits per heavy atom. The molecule has 1 aliphatic carbocycles. The highest BCUT2D eigenvalue weighted by atomic mass is 35.5. The molecule has 10 heteroatoms. The number of rotatable bonds is 7. The number of aromatic nitrogens is 2. The number of amides is 1. The number of nitrogens with zero attached hydrogens (tertiary/aromatic N) is 2. The molecule has 2 N–H and O–H groups in total. The van der Waals surface area contributed by atoms with E-state index in [0.717, 1.165) is 11.3 Å². The van der Waals surface area contributed by atoms with Crippen molar-refractivity contribution in [2.75, 3.05) is 10.0 Å². The summed E-state index contributed by atoms with van der Waals surface area (Å²) in [7, 11) is -3.39. The maximum atomic E-state index is 12.9. The highest BCUT2D eigenvalue weighted by Gasteiger charge is 2.37. The SMILES string of the molecule is CC(C)(C(=O)Nc1ccc(-c2cccc(Cl)n2)cc1)c1csc(NS(=O)(=O)C2CC2)n1. The number of halogens is 1. The maximum Gasteiger partial charge on any atom is 0.237 e. The van der Waals surface area contributed by atoms with E-state index in [1.54, 1.807) is 37.4 Å². The van der Waals surface area contributed by atoms with Crippen molar-refractivity contribution in [2.24, 2.45) is 0 Å². The van der Waals surface area contributed by atoms with Crippen molar-refractivity contribution < 1.29 is 13.2 Å². The van der Waals surface area contributed by atoms with E-state index in [-0.39, 0.29) is 16.3 Å². The first-order valence-corrected chi connectivity index (χ1v) is 12.5. The topological polar surface area (TPSA) is 101 Å². The molecule has 1 aromatic carbocycles. The van der Waals surface area contributed by atoms with Gasteiger partial charge in [0, 0.05) is 16.6 Å². The number of thiazole rings is 1. The zero-order chi connectivity index (χ0) is 22.2. The van der Waals surface area contributed by atoms with Gasteiger partial charge in [-0.3, -0.25) is 9.52 Å². The summed E-state index contributed by atoms with van der Waals surface area (Å²) in [6.45, 7) is 3.50. The standard InChI is InChI=1S/C21H21ClN4O3S2/c1-21(2,17-12-30-20(25-17)26-31(28,29)15-10-11-15)19(27)23-14-8-6-13(7-9-14)16-4-3-5-18(22)24-16/h3-9,12,15H,10-11H2,1-2H3,(H,23,27)(H,25,26). The number of sulfonamides is 1. The third-order valence-corrected chi connectivity index (χ3v) is 7.98. The van der Waals surface area contributed by atoms with Gasteiger partial charge in [-0.25, -0.2) is 18.4 Å². The highest BCUT2D eigenvalue weighted by molar-refractivity contribution is 7.93. The van der Waals surface area contributed by atoms with Crippen LogP contribution in [0.3, 0.4) is 0 Å². The van der Waals surface area contributed by atoms with Crippen LogP contribution in [-0.2, 0) is 20.2 Å². The molecule has 1 fully saturated rings. The molecular formula is C21H21ClN4O3S2. The molecule has 0 radical (unpaired) electrons. The van der Waals surface area contributed by atoms with E-state index < -0.39 is 15.4 Å². The van der Waals surface area contributed by atoms with E-state index in [9.17, 15) is 13.2 Å². The number of hydrogen-bond donors (Lipinski definition) is 2. The fourth-order valence-corrected chi connectivity index (χ4v) is 5.53. The third kappa shape index (κ3) is 4.89. The van der Waals surface area contributed by atoms with Gasteiger partial charge >= 0.3 is 0 Å². The summed E-state index contributed by atoms with van der Waals surface area (Å²) in [6.07, 6.45) is 1.35. The van der Waals surface area contributed by atoms with E-state index in [4.69, 9.17) is 11.6 Å². The van der Waals surface area contributed by atoms with Crippen LogP contribution in [0.5, 0.6) is 0 Å². The quantitative estimate of drug-likeness (QED) is 0.482. The minimum absolute atomic E-state index is 0.247. The molecule has 0 aliphatic heterocycles. The van der Waals surface area contributed by atoms with Crippen LogP contribution in [-0.4, -0.2) is 29.5 Å². The van der Waals surface area contributed by atoms with Crippen molar-refractivity contribution in [1.29, 1.82) is 0 Å². The Labute approximate surface area is 189 Å². The molecule has 3 aromatic rings. The Bertz CT molecular complexity index is 1220. The largest absolute Gasteiger partial charge is 0.325 e. The molecule has 1 amide bonds. The van der Waals surface area contributed by atoms with Crippen molar-refractivity contribution in [3.63, 3.8) is 0 Å². The summed E-state index contributed by atoms with van der Waals surface area (Å²) in [5.74, 6) is -0.247. The number of pyridine rings is 1. The lowest BCUT2D eigenvalue weighted by Crippen LogP contribution is -2.35. The second-order valence-electron chi connectivity index (χ2n) is 7.89. The van der Waals surface area contributed by atoms with Gasteiger partial charge in [-0.15, -0.1) is 11.3 Å². The van der Waals surface area contributed by atoms with Crippen molar-refractivity contribution in [3.8, 4) is 11.3 Å². The summed E-state index contributed by atoms with van der Waals surface area (Å²) in [6, 6.07) is 12.7. The lowest BCUT2D eigenvalue weighted by Gasteiger charge is -2.21. The molecule has 0 atom stereocenters. The van der Waals surface area contributed by atoms with Crippen LogP contribution < -0.4 is 10.0 Å². The van der Waals surface area contributed by atoms with Gasteiger partial charge in [0.1, 0.15) is 5.15 Å². The molecule has 0 spiro atoms. The monoisotopic (exact) mass is 476 g/mol. The van der Waals surface area contributed by atoms with Gasteiger partial charge in [-0.05, 0) is 51.0 Å². The predicted octanol–water partition coefficient (Wildman–Crippen LogP) is 4.68. The second kappa shape index (κ2) is 8.22. The number of hydrogen-bond acceptors (Lipinski definition) is 6. The summed E-state index contributed by atoms with van der Waals surface area (Å²) >= 11 is 7.12. The molecule has 0 saturated heterocycles. The number of nitrogens with one attached hydrogen (secondary N) is 2. The number of carbonyl (C=O) groups is 1. The van der Waals surface area contributed by atoms with Crippen LogP contribution in [0.4, 0.5) is 10.8 Å². The molecule has 1 aliphatic rings. The van der Waals surface area contributed by atoms with Crippen LogP contribution in [0.1, 0.15) is 32.4 Å². The Morgan fingerprint density at radius 3 is 2.48 bits per heavy atom. The van der Waals surface area contributed by atoms with Gasteiger partial charge in [0.2, 0.25) is 15.9 Å². The molecule has 1 saturated carbocycles. The molecule has 0 bridgehead atoms. The van der Waals surface area contributed by atoms with Gasteiger partial charge in [0.05, 0.1) is 22.1 Å². The van der Waals surface area contributed by atoms with Crippen LogP contribution in [0.2, 0.25) is 5.15 Å². The van der Waals surface area contributed by atoms with E-state index in [1.807, 2.05) is 24.3 Å². The smallest absolute Gasteiger partial charge is 0.237 e. The normalized spacial score (nSPS) is 14.3. The van der Waals surface area contributed by atoms with Gasteiger partial charge in [-0.2, -0.15) is 0 Å². The van der Waals surface area contributed by atoms with Crippen LogP contribution in [0.15, 0.2) is 47.8 Å². The lowest BCUT2D eigenvalue weighted by atomic mass is 9.89. The number of anilines is 2. The summed E-state index contributed by atoms with van der Waals surface area (Å²) in [5, 5.41) is 4.97. The molecule has 2 aromatic heterocycles. The fourth-order valence-electron chi connectivity index (χ4n) is 2.89. The Hall–Kier alpha value is -2.49. The van der Waals surface area contributed by atoms with E-state index in [0.29, 0.717) is 29.4 Å². The van der Waals surface area contributed by atoms with Crippen molar-refractivity contribution in [3.05, 3.63) is 58.7 Å². The fraction of sp³-hybridized carbons (Fsp3) is 0.286. The van der Waals surface area contributed by atoms with Crippen LogP contribution >= 0.6 is 22.9 Å². The Balaban J connectivity index is 1.45. The maximum absolute atomic E-state index is 12.9. The van der Waals surface area contributed by atoms with E-state index in [1.165, 1.54) is 11.3 Å². The highest BCUT2D eigenvalue weighted by Crippen LogP contribution is 2.33. The predicted molar refractivity (Wildman–Crippen MR) is 124 cm³/mol. The second-order valence-corrected chi connectivity index (χ2v) is 11.1. The zero-order valence-electron chi connectivity index (χ0n) is 16.9. The van der Waals surface area contributed by atoms with E-state index >= 15 is 0 Å². The van der Waals surface area contributed by atoms with Crippen molar-refractivity contribution in [2.45, 2.75) is 37.4 Å². The average molecular weight is 477 g/mol. The summed E-state index contributed by atoms with van der Waals surface area (Å²) in [5.41, 5.74) is 1.81. The van der Waals surface area contributed by atoms with Gasteiger partial charge in [-0.1, -0.05) is 29.8 Å². The van der Waals surface area contributed by atoms with E-state index in [2.05, 4.69) is 20.0 Å². The molecule has 0 unspecified atom stereocenters. The van der Waals surface area contributed by atoms with Gasteiger partial charge < -0.3 is 5.32 Å². The third-order valence-electron chi connectivity index (χ3n) is 5.06. The first-order chi connectivity index (χ1) is 14.6. The minimum Gasteiger partial charge on any atom is -0.325 e. The lowest BCUT2D eigenvalue weighted by molar-refractivity contribution is -0.120. The van der Waals surface area contributed by atoms with Crippen molar-refractivity contribution in [1.82, 2.24) is 9.97 Å². The number of carbonyl (C=O) groups excluding carboxylic acids is 1. The average Bonchev–Trinajstić information content (AvgIpc) is 3.49. The first-order valence-electron chi connectivity index (χ1n) is 9.67. The molecule has 31 heavy (non-hydrogen) atoms. The number of benzene rings is 1. The molecular weight excluding hydrogens is 456 g/mol. The minimum atomic E-state index is -3.39. The Kier molecular flexibility index (Phi) is 5.76. The summed E-state index contributed by atoms with van der Waals surface area (Å²) in [4.78, 5) is 21.6. The first kappa shape index (κ1) is 21.7. The van der Waals surface area contributed by atoms with Gasteiger partial charge in [0.15, 0.2) is 5.13 Å². The molecule has 2 heterocycles. The Morgan fingerprint density at radius 1 is 1.13 bits per heavy atom. The zero-order valence-corrected chi connectivity index (χ0v) is 19.3. The van der Waals surface area contributed by atoms with Gasteiger partial charge in [0.25, 0.3) is 0 Å². The molecule has 4 rings (SSSR count). The van der Waals surface area contributed by atoms with Crippen LogP contribution in [0, 0.1) is 0 Å². The molecule has 7 nitrogen and oxygen atoms in total. The van der Waals surface area contributed by atoms with Crippen LogP contribution in [0.25, 0.3) is 11.3 Å². The molecule has 162 valence electrons. The van der Waals surface area contributed by atoms with Crippen molar-refractivity contribution >= 4 is 49.7 Å². The summed E-state index contributed by atoms with van der Waals surface area (Å²) < 4.78 is 26.7.